The van der Waals surface area contributed by atoms with E-state index in [9.17, 15) is 9.59 Å². The van der Waals surface area contributed by atoms with E-state index in [-0.39, 0.29) is 24.7 Å². The number of nitrogens with one attached hydrogen (secondary N) is 1. The van der Waals surface area contributed by atoms with Crippen molar-refractivity contribution in [3.05, 3.63) is 99.6 Å². The minimum absolute atomic E-state index is 0.118. The van der Waals surface area contributed by atoms with Gasteiger partial charge in [-0.05, 0) is 48.9 Å². The molecule has 0 aliphatic heterocycles. The first-order valence-electron chi connectivity index (χ1n) is 9.87. The van der Waals surface area contributed by atoms with Gasteiger partial charge >= 0.3 is 0 Å². The van der Waals surface area contributed by atoms with E-state index in [1.54, 1.807) is 54.7 Å². The Kier molecular flexibility index (Phi) is 6.37. The largest absolute Gasteiger partial charge is 0.487 e. The van der Waals surface area contributed by atoms with Crippen molar-refractivity contribution in [3.63, 3.8) is 0 Å². The third-order valence-electron chi connectivity index (χ3n) is 4.58. The summed E-state index contributed by atoms with van der Waals surface area (Å²) in [7, 11) is 0. The molecule has 162 valence electrons. The van der Waals surface area contributed by atoms with E-state index >= 15 is 0 Å². The predicted octanol–water partition coefficient (Wildman–Crippen LogP) is 4.25. The van der Waals surface area contributed by atoms with E-state index in [1.165, 1.54) is 10.5 Å². The molecule has 0 atom stereocenters. The van der Waals surface area contributed by atoms with Gasteiger partial charge in [0.2, 0.25) is 0 Å². The van der Waals surface area contributed by atoms with E-state index in [1.807, 2.05) is 19.1 Å². The molecule has 2 heterocycles. The molecule has 7 nitrogen and oxygen atoms in total. The van der Waals surface area contributed by atoms with Crippen LogP contribution in [0.15, 0.2) is 77.7 Å². The number of para-hydroxylation sites is 1. The molecule has 1 amide bonds. The van der Waals surface area contributed by atoms with Gasteiger partial charge in [-0.15, -0.1) is 0 Å². The molecule has 32 heavy (non-hydrogen) atoms. The molecule has 0 fully saturated rings. The van der Waals surface area contributed by atoms with Crippen LogP contribution in [0.1, 0.15) is 11.3 Å². The van der Waals surface area contributed by atoms with Crippen molar-refractivity contribution >= 4 is 28.8 Å². The van der Waals surface area contributed by atoms with Gasteiger partial charge in [0.05, 0.1) is 10.7 Å². The van der Waals surface area contributed by atoms with Gasteiger partial charge in [0.25, 0.3) is 11.5 Å². The van der Waals surface area contributed by atoms with Crippen LogP contribution < -0.4 is 20.3 Å². The summed E-state index contributed by atoms with van der Waals surface area (Å²) in [4.78, 5) is 29.0. The third kappa shape index (κ3) is 5.25. The fourth-order valence-electron chi connectivity index (χ4n) is 3.05. The minimum atomic E-state index is -0.332. The van der Waals surface area contributed by atoms with Crippen molar-refractivity contribution in [1.29, 1.82) is 0 Å². The standard InChI is InChI=1S/C24H20ClN3O4/c1-16-9-10-28-22(11-16)26-18(13-24(28)30)14-31-19-6-4-5-17(12-19)27-23(29)15-32-21-8-3-2-7-20(21)25/h2-13H,14-15H2,1H3,(H,27,29). The lowest BCUT2D eigenvalue weighted by Gasteiger charge is -2.11. The van der Waals surface area contributed by atoms with Gasteiger partial charge in [-0.2, -0.15) is 0 Å². The van der Waals surface area contributed by atoms with Crippen LogP contribution in [-0.4, -0.2) is 21.9 Å². The molecule has 0 radical (unpaired) electrons. The first-order chi connectivity index (χ1) is 15.5. The molecule has 0 aliphatic carbocycles. The summed E-state index contributed by atoms with van der Waals surface area (Å²) in [6, 6.07) is 19.0. The number of rotatable bonds is 7. The summed E-state index contributed by atoms with van der Waals surface area (Å²) in [6.45, 7) is 1.88. The van der Waals surface area contributed by atoms with Crippen molar-refractivity contribution in [2.24, 2.45) is 0 Å². The summed E-state index contributed by atoms with van der Waals surface area (Å²) in [5, 5.41) is 3.19. The predicted molar refractivity (Wildman–Crippen MR) is 123 cm³/mol. The van der Waals surface area contributed by atoms with Crippen LogP contribution in [0, 0.1) is 6.92 Å². The Labute approximate surface area is 189 Å². The van der Waals surface area contributed by atoms with E-state index in [0.717, 1.165) is 5.56 Å². The maximum Gasteiger partial charge on any atom is 0.262 e. The maximum absolute atomic E-state index is 12.3. The number of hydrogen-bond acceptors (Lipinski definition) is 5. The van der Waals surface area contributed by atoms with Gasteiger partial charge in [0.15, 0.2) is 6.61 Å². The zero-order chi connectivity index (χ0) is 22.5. The smallest absolute Gasteiger partial charge is 0.262 e. The molecule has 4 rings (SSSR count). The second-order valence-corrected chi connectivity index (χ2v) is 7.51. The Morgan fingerprint density at radius 2 is 1.91 bits per heavy atom. The lowest BCUT2D eigenvalue weighted by Crippen LogP contribution is -2.20. The normalized spacial score (nSPS) is 10.7. The molecule has 0 unspecified atom stereocenters. The number of hydrogen-bond donors (Lipinski definition) is 1. The number of pyridine rings is 1. The summed E-state index contributed by atoms with van der Waals surface area (Å²) < 4.78 is 12.7. The number of fused-ring (bicyclic) bond motifs is 1. The molecule has 0 spiro atoms. The SMILES string of the molecule is Cc1ccn2c(=O)cc(COc3cccc(NC(=O)COc4ccccc4Cl)c3)nc2c1. The quantitative estimate of drug-likeness (QED) is 0.456. The molecule has 4 aromatic rings. The Morgan fingerprint density at radius 1 is 1.06 bits per heavy atom. The fourth-order valence-corrected chi connectivity index (χ4v) is 3.24. The van der Waals surface area contributed by atoms with Crippen molar-refractivity contribution in [2.45, 2.75) is 13.5 Å². The van der Waals surface area contributed by atoms with Gasteiger partial charge in [-0.3, -0.25) is 14.0 Å². The van der Waals surface area contributed by atoms with Crippen LogP contribution in [0.4, 0.5) is 5.69 Å². The van der Waals surface area contributed by atoms with Crippen LogP contribution in [0.3, 0.4) is 0 Å². The Hall–Kier alpha value is -3.84. The molecule has 0 saturated heterocycles. The van der Waals surface area contributed by atoms with E-state index in [0.29, 0.717) is 33.6 Å². The van der Waals surface area contributed by atoms with Gasteiger partial charge in [0.1, 0.15) is 23.8 Å². The molecule has 0 aliphatic rings. The number of benzene rings is 2. The van der Waals surface area contributed by atoms with Crippen molar-refractivity contribution in [3.8, 4) is 11.5 Å². The van der Waals surface area contributed by atoms with Crippen molar-refractivity contribution in [2.75, 3.05) is 11.9 Å². The molecular formula is C24H20ClN3O4. The highest BCUT2D eigenvalue weighted by molar-refractivity contribution is 6.32. The highest BCUT2D eigenvalue weighted by Gasteiger charge is 2.08. The average molecular weight is 450 g/mol. The van der Waals surface area contributed by atoms with E-state index in [4.69, 9.17) is 21.1 Å². The highest BCUT2D eigenvalue weighted by atomic mass is 35.5. The highest BCUT2D eigenvalue weighted by Crippen LogP contribution is 2.23. The second-order valence-electron chi connectivity index (χ2n) is 7.10. The van der Waals surface area contributed by atoms with Crippen LogP contribution in [0.5, 0.6) is 11.5 Å². The molecular weight excluding hydrogens is 430 g/mol. The summed E-state index contributed by atoms with van der Waals surface area (Å²) in [6.07, 6.45) is 1.70. The first kappa shape index (κ1) is 21.4. The van der Waals surface area contributed by atoms with Gasteiger partial charge in [-0.25, -0.2) is 4.98 Å². The van der Waals surface area contributed by atoms with Crippen LogP contribution >= 0.6 is 11.6 Å². The fraction of sp³-hybridized carbons (Fsp3) is 0.125. The van der Waals surface area contributed by atoms with E-state index < -0.39 is 0 Å². The van der Waals surface area contributed by atoms with Crippen molar-refractivity contribution < 1.29 is 14.3 Å². The number of halogens is 1. The van der Waals surface area contributed by atoms with Crippen LogP contribution in [0.2, 0.25) is 5.02 Å². The first-order valence-corrected chi connectivity index (χ1v) is 10.2. The Morgan fingerprint density at radius 3 is 2.75 bits per heavy atom. The lowest BCUT2D eigenvalue weighted by molar-refractivity contribution is -0.118. The number of carbonyl (C=O) groups is 1. The Balaban J connectivity index is 1.38. The number of carbonyl (C=O) groups excluding carboxylic acids is 1. The molecule has 8 heteroatoms. The summed E-state index contributed by atoms with van der Waals surface area (Å²) in [5.41, 5.74) is 2.47. The molecule has 1 N–H and O–H groups in total. The monoisotopic (exact) mass is 449 g/mol. The Bertz CT molecular complexity index is 1340. The molecule has 0 saturated carbocycles. The van der Waals surface area contributed by atoms with Gasteiger partial charge < -0.3 is 14.8 Å². The summed E-state index contributed by atoms with van der Waals surface area (Å²) >= 11 is 6.02. The van der Waals surface area contributed by atoms with E-state index in [2.05, 4.69) is 10.3 Å². The van der Waals surface area contributed by atoms with Crippen LogP contribution in [-0.2, 0) is 11.4 Å². The topological polar surface area (TPSA) is 81.9 Å². The van der Waals surface area contributed by atoms with Crippen molar-refractivity contribution in [1.82, 2.24) is 9.38 Å². The maximum atomic E-state index is 12.3. The van der Waals surface area contributed by atoms with Gasteiger partial charge in [-0.1, -0.05) is 29.8 Å². The van der Waals surface area contributed by atoms with Crippen LogP contribution in [0.25, 0.3) is 5.65 Å². The number of aryl methyl sites for hydroxylation is 1. The zero-order valence-electron chi connectivity index (χ0n) is 17.2. The number of aromatic nitrogens is 2. The second kappa shape index (κ2) is 9.53. The number of amides is 1. The van der Waals surface area contributed by atoms with Gasteiger partial charge in [0, 0.05) is 24.0 Å². The minimum Gasteiger partial charge on any atom is -0.487 e. The average Bonchev–Trinajstić information content (AvgIpc) is 2.77. The molecule has 0 bridgehead atoms. The number of ether oxygens (including phenoxy) is 2. The lowest BCUT2D eigenvalue weighted by atomic mass is 10.3. The number of anilines is 1. The summed E-state index contributed by atoms with van der Waals surface area (Å²) in [5.74, 6) is 0.637. The molecule has 2 aromatic carbocycles. The third-order valence-corrected chi connectivity index (χ3v) is 4.89. The molecule has 2 aromatic heterocycles. The zero-order valence-corrected chi connectivity index (χ0v) is 18.0. The number of nitrogens with zero attached hydrogens (tertiary/aromatic N) is 2.